The smallest absolute Gasteiger partial charge is 0.264 e. The van der Waals surface area contributed by atoms with Gasteiger partial charge in [0.1, 0.15) is 6.04 Å². The van der Waals surface area contributed by atoms with Gasteiger partial charge in [-0.1, -0.05) is 29.8 Å². The molecule has 1 aromatic heterocycles. The number of amides is 3. The van der Waals surface area contributed by atoms with E-state index in [1.54, 1.807) is 35.7 Å². The van der Waals surface area contributed by atoms with E-state index in [0.29, 0.717) is 10.6 Å². The molecular formula is C19H18N2O3S. The molecule has 1 unspecified atom stereocenters. The number of hydrogen-bond acceptors (Lipinski definition) is 4. The van der Waals surface area contributed by atoms with Gasteiger partial charge in [-0.15, -0.1) is 17.9 Å². The van der Waals surface area contributed by atoms with Gasteiger partial charge in [0.05, 0.1) is 17.0 Å². The van der Waals surface area contributed by atoms with Gasteiger partial charge >= 0.3 is 0 Å². The molecule has 0 saturated carbocycles. The van der Waals surface area contributed by atoms with E-state index in [1.807, 2.05) is 19.1 Å². The van der Waals surface area contributed by atoms with Crippen molar-refractivity contribution in [1.29, 1.82) is 0 Å². The van der Waals surface area contributed by atoms with Crippen LogP contribution >= 0.6 is 11.3 Å². The monoisotopic (exact) mass is 354 g/mol. The van der Waals surface area contributed by atoms with Crippen LogP contribution in [0.25, 0.3) is 0 Å². The molecule has 1 aromatic carbocycles. The van der Waals surface area contributed by atoms with E-state index in [4.69, 9.17) is 0 Å². The van der Waals surface area contributed by atoms with Crippen molar-refractivity contribution < 1.29 is 14.4 Å². The van der Waals surface area contributed by atoms with Gasteiger partial charge in [-0.2, -0.15) is 0 Å². The lowest BCUT2D eigenvalue weighted by Gasteiger charge is -2.26. The molecule has 0 N–H and O–H groups in total. The van der Waals surface area contributed by atoms with Crippen molar-refractivity contribution in [3.05, 3.63) is 64.9 Å². The first-order chi connectivity index (χ1) is 12.0. The number of carbonyl (C=O) groups is 3. The Morgan fingerprint density at radius 3 is 2.64 bits per heavy atom. The second-order valence-electron chi connectivity index (χ2n) is 5.85. The third-order valence-electron chi connectivity index (χ3n) is 4.11. The number of thiophene rings is 1. The number of benzene rings is 1. The molecule has 0 bridgehead atoms. The molecule has 0 aliphatic carbocycles. The molecule has 0 radical (unpaired) electrons. The van der Waals surface area contributed by atoms with Crippen LogP contribution in [0, 0.1) is 6.92 Å². The summed E-state index contributed by atoms with van der Waals surface area (Å²) in [5.74, 6) is -0.931. The van der Waals surface area contributed by atoms with E-state index in [9.17, 15) is 14.4 Å². The molecule has 3 rings (SSSR count). The largest absolute Gasteiger partial charge is 0.322 e. The quantitative estimate of drug-likeness (QED) is 0.613. The van der Waals surface area contributed by atoms with Gasteiger partial charge in [-0.3, -0.25) is 14.4 Å². The lowest BCUT2D eigenvalue weighted by atomic mass is 10.2. The topological polar surface area (TPSA) is 57.7 Å². The highest BCUT2D eigenvalue weighted by molar-refractivity contribution is 7.12. The average Bonchev–Trinajstić information content (AvgIpc) is 3.22. The third kappa shape index (κ3) is 3.25. The molecular weight excluding hydrogens is 336 g/mol. The maximum atomic E-state index is 12.9. The van der Waals surface area contributed by atoms with Crippen LogP contribution in [-0.4, -0.2) is 35.2 Å². The van der Waals surface area contributed by atoms with Crippen LogP contribution < -0.4 is 4.90 Å². The molecule has 1 aliphatic heterocycles. The molecule has 1 saturated heterocycles. The number of nitrogens with zero attached hydrogens (tertiary/aromatic N) is 2. The highest BCUT2D eigenvalue weighted by Crippen LogP contribution is 2.27. The van der Waals surface area contributed by atoms with Gasteiger partial charge in [0, 0.05) is 6.54 Å². The molecule has 1 aliphatic rings. The van der Waals surface area contributed by atoms with Crippen LogP contribution in [0.5, 0.6) is 0 Å². The number of imide groups is 1. The van der Waals surface area contributed by atoms with E-state index in [2.05, 4.69) is 6.58 Å². The summed E-state index contributed by atoms with van der Waals surface area (Å²) in [6, 6.07) is 9.87. The van der Waals surface area contributed by atoms with Crippen LogP contribution in [0.1, 0.15) is 21.7 Å². The fourth-order valence-electron chi connectivity index (χ4n) is 2.86. The first-order valence-corrected chi connectivity index (χ1v) is 8.79. The van der Waals surface area contributed by atoms with Crippen LogP contribution in [0.3, 0.4) is 0 Å². The zero-order valence-corrected chi connectivity index (χ0v) is 14.7. The van der Waals surface area contributed by atoms with Crippen molar-refractivity contribution in [2.24, 2.45) is 0 Å². The van der Waals surface area contributed by atoms with Gasteiger partial charge in [0.25, 0.3) is 11.8 Å². The number of carbonyl (C=O) groups excluding carboxylic acids is 3. The molecule has 5 nitrogen and oxygen atoms in total. The fourth-order valence-corrected chi connectivity index (χ4v) is 3.54. The predicted molar refractivity (Wildman–Crippen MR) is 97.6 cm³/mol. The predicted octanol–water partition coefficient (Wildman–Crippen LogP) is 3.02. The lowest BCUT2D eigenvalue weighted by Crippen LogP contribution is -2.45. The van der Waals surface area contributed by atoms with Crippen molar-refractivity contribution in [2.45, 2.75) is 19.4 Å². The standard InChI is InChI=1S/C19H18N2O3S/c1-3-10-20(19(24)16-5-4-11-25-16)15-12-17(22)21(18(15)23)14-8-6-13(2)7-9-14/h3-9,11,15H,1,10,12H2,2H3. The number of aryl methyl sites for hydroxylation is 1. The molecule has 6 heteroatoms. The minimum Gasteiger partial charge on any atom is -0.322 e. The molecule has 0 spiro atoms. The number of rotatable bonds is 5. The highest BCUT2D eigenvalue weighted by atomic mass is 32.1. The highest BCUT2D eigenvalue weighted by Gasteiger charge is 2.44. The Bertz CT molecular complexity index is 812. The van der Waals surface area contributed by atoms with Gasteiger partial charge in [-0.25, -0.2) is 4.90 Å². The van der Waals surface area contributed by atoms with Crippen LogP contribution in [0.15, 0.2) is 54.4 Å². The van der Waals surface area contributed by atoms with Crippen molar-refractivity contribution in [1.82, 2.24) is 4.90 Å². The summed E-state index contributed by atoms with van der Waals surface area (Å²) >= 11 is 1.31. The maximum absolute atomic E-state index is 12.9. The maximum Gasteiger partial charge on any atom is 0.264 e. The van der Waals surface area contributed by atoms with E-state index in [0.717, 1.165) is 5.56 Å². The van der Waals surface area contributed by atoms with E-state index < -0.39 is 6.04 Å². The normalized spacial score (nSPS) is 17.0. The van der Waals surface area contributed by atoms with Crippen molar-refractivity contribution in [2.75, 3.05) is 11.4 Å². The Kier molecular flexibility index (Phi) is 4.81. The zero-order chi connectivity index (χ0) is 18.0. The van der Waals surface area contributed by atoms with Crippen molar-refractivity contribution in [3.63, 3.8) is 0 Å². The van der Waals surface area contributed by atoms with Gasteiger partial charge < -0.3 is 4.90 Å². The fraction of sp³-hybridized carbons (Fsp3) is 0.211. The van der Waals surface area contributed by atoms with E-state index in [1.165, 1.54) is 21.1 Å². The lowest BCUT2D eigenvalue weighted by molar-refractivity contribution is -0.122. The summed E-state index contributed by atoms with van der Waals surface area (Å²) in [6.45, 7) is 5.81. The van der Waals surface area contributed by atoms with Crippen molar-refractivity contribution >= 4 is 34.7 Å². The zero-order valence-electron chi connectivity index (χ0n) is 13.8. The molecule has 1 fully saturated rings. The Labute approximate surface area is 150 Å². The summed E-state index contributed by atoms with van der Waals surface area (Å²) in [5.41, 5.74) is 1.57. The van der Waals surface area contributed by atoms with Crippen LogP contribution in [0.2, 0.25) is 0 Å². The molecule has 25 heavy (non-hydrogen) atoms. The summed E-state index contributed by atoms with van der Waals surface area (Å²) in [6.07, 6.45) is 1.55. The number of hydrogen-bond donors (Lipinski definition) is 0. The van der Waals surface area contributed by atoms with E-state index >= 15 is 0 Å². The summed E-state index contributed by atoms with van der Waals surface area (Å²) in [5, 5.41) is 1.81. The molecule has 128 valence electrons. The van der Waals surface area contributed by atoms with Gasteiger partial charge in [-0.05, 0) is 30.5 Å². The summed E-state index contributed by atoms with van der Waals surface area (Å²) < 4.78 is 0. The average molecular weight is 354 g/mol. The SMILES string of the molecule is C=CCN(C(=O)c1cccs1)C1CC(=O)N(c2ccc(C)cc2)C1=O. The number of anilines is 1. The molecule has 2 aromatic rings. The second-order valence-corrected chi connectivity index (χ2v) is 6.79. The molecule has 1 atom stereocenters. The van der Waals surface area contributed by atoms with E-state index in [-0.39, 0.29) is 30.7 Å². The Morgan fingerprint density at radius 2 is 2.04 bits per heavy atom. The molecule has 3 amide bonds. The van der Waals surface area contributed by atoms with Crippen LogP contribution in [0.4, 0.5) is 5.69 Å². The minimum absolute atomic E-state index is 0.0162. The third-order valence-corrected chi connectivity index (χ3v) is 4.97. The Balaban J connectivity index is 1.89. The first-order valence-electron chi connectivity index (χ1n) is 7.91. The van der Waals surface area contributed by atoms with Gasteiger partial charge in [0.2, 0.25) is 5.91 Å². The Hall–Kier alpha value is -2.73. The summed E-state index contributed by atoms with van der Waals surface area (Å²) in [4.78, 5) is 41.2. The van der Waals surface area contributed by atoms with Gasteiger partial charge in [0.15, 0.2) is 0 Å². The van der Waals surface area contributed by atoms with Crippen LogP contribution in [-0.2, 0) is 9.59 Å². The summed E-state index contributed by atoms with van der Waals surface area (Å²) in [7, 11) is 0. The second kappa shape index (κ2) is 7.03. The Morgan fingerprint density at radius 1 is 1.32 bits per heavy atom. The first kappa shape index (κ1) is 17.1. The minimum atomic E-state index is -0.804. The molecule has 2 heterocycles. The van der Waals surface area contributed by atoms with Crippen molar-refractivity contribution in [3.8, 4) is 0 Å².